The molecule has 5 heteroatoms. The first-order valence-electron chi connectivity index (χ1n) is 7.20. The van der Waals surface area contributed by atoms with E-state index in [-0.39, 0.29) is 12.3 Å². The molecule has 0 spiro atoms. The number of rotatable bonds is 6. The van der Waals surface area contributed by atoms with Gasteiger partial charge in [0.1, 0.15) is 6.04 Å². The van der Waals surface area contributed by atoms with Crippen molar-refractivity contribution in [1.82, 2.24) is 10.3 Å². The maximum absolute atomic E-state index is 11.8. The van der Waals surface area contributed by atoms with Gasteiger partial charge in [0.25, 0.3) is 0 Å². The fourth-order valence-corrected chi connectivity index (χ4v) is 2.56. The predicted octanol–water partition coefficient (Wildman–Crippen LogP) is 2.08. The van der Waals surface area contributed by atoms with Crippen LogP contribution in [0.5, 0.6) is 0 Å². The van der Waals surface area contributed by atoms with Gasteiger partial charge >= 0.3 is 5.97 Å². The second-order valence-electron chi connectivity index (χ2n) is 5.67. The van der Waals surface area contributed by atoms with E-state index in [1.54, 1.807) is 0 Å². The van der Waals surface area contributed by atoms with Crippen LogP contribution in [0.1, 0.15) is 24.8 Å². The molecule has 1 unspecified atom stereocenters. The van der Waals surface area contributed by atoms with E-state index in [2.05, 4.69) is 10.3 Å². The zero-order valence-corrected chi connectivity index (χ0v) is 11.6. The number of fused-ring (bicyclic) bond motifs is 1. The molecule has 1 saturated carbocycles. The molecule has 1 amide bonds. The Labute approximate surface area is 122 Å². The van der Waals surface area contributed by atoms with E-state index in [9.17, 15) is 14.7 Å². The zero-order valence-electron chi connectivity index (χ0n) is 11.6. The van der Waals surface area contributed by atoms with Gasteiger partial charge in [0.15, 0.2) is 0 Å². The van der Waals surface area contributed by atoms with Crippen molar-refractivity contribution in [3.63, 3.8) is 0 Å². The first-order valence-corrected chi connectivity index (χ1v) is 7.20. The summed E-state index contributed by atoms with van der Waals surface area (Å²) in [5.41, 5.74) is 1.88. The number of hydrogen-bond acceptors (Lipinski definition) is 2. The molecule has 1 aromatic carbocycles. The van der Waals surface area contributed by atoms with Crippen molar-refractivity contribution < 1.29 is 14.7 Å². The van der Waals surface area contributed by atoms with Crippen molar-refractivity contribution in [2.75, 3.05) is 0 Å². The molecule has 1 heterocycles. The van der Waals surface area contributed by atoms with Gasteiger partial charge in [-0.2, -0.15) is 0 Å². The van der Waals surface area contributed by atoms with Gasteiger partial charge in [0.05, 0.1) is 0 Å². The van der Waals surface area contributed by atoms with E-state index in [1.807, 2.05) is 30.5 Å². The number of H-pyrrole nitrogens is 1. The van der Waals surface area contributed by atoms with Crippen LogP contribution in [-0.2, 0) is 16.0 Å². The predicted molar refractivity (Wildman–Crippen MR) is 78.9 cm³/mol. The average Bonchev–Trinajstić information content (AvgIpc) is 3.17. The van der Waals surface area contributed by atoms with Crippen molar-refractivity contribution >= 4 is 22.8 Å². The highest BCUT2D eigenvalue weighted by atomic mass is 16.4. The summed E-state index contributed by atoms with van der Waals surface area (Å²) in [4.78, 5) is 26.3. The summed E-state index contributed by atoms with van der Waals surface area (Å²) in [5, 5.41) is 13.0. The van der Waals surface area contributed by atoms with Crippen LogP contribution in [0.3, 0.4) is 0 Å². The zero-order chi connectivity index (χ0) is 14.8. The van der Waals surface area contributed by atoms with E-state index in [1.165, 1.54) is 0 Å². The third-order valence-electron chi connectivity index (χ3n) is 3.90. The quantitative estimate of drug-likeness (QED) is 0.760. The summed E-state index contributed by atoms with van der Waals surface area (Å²) >= 11 is 0. The number of carboxylic acids is 1. The number of aliphatic carboxylic acids is 1. The first kappa shape index (κ1) is 13.7. The number of aromatic amines is 1. The molecule has 0 radical (unpaired) electrons. The van der Waals surface area contributed by atoms with Gasteiger partial charge in [0, 0.05) is 29.9 Å². The topological polar surface area (TPSA) is 82.2 Å². The lowest BCUT2D eigenvalue weighted by Gasteiger charge is -2.14. The lowest BCUT2D eigenvalue weighted by molar-refractivity contribution is -0.141. The number of carbonyl (C=O) groups is 2. The smallest absolute Gasteiger partial charge is 0.326 e. The van der Waals surface area contributed by atoms with E-state index >= 15 is 0 Å². The molecule has 1 aromatic heterocycles. The Kier molecular flexibility index (Phi) is 3.64. The Hall–Kier alpha value is -2.30. The largest absolute Gasteiger partial charge is 0.480 e. The molecule has 0 saturated heterocycles. The van der Waals surface area contributed by atoms with Crippen LogP contribution >= 0.6 is 0 Å². The third-order valence-corrected chi connectivity index (χ3v) is 3.90. The van der Waals surface area contributed by atoms with Crippen molar-refractivity contribution in [2.24, 2.45) is 5.92 Å². The van der Waals surface area contributed by atoms with Crippen LogP contribution < -0.4 is 5.32 Å². The fraction of sp³-hybridized carbons (Fsp3) is 0.375. The minimum Gasteiger partial charge on any atom is -0.480 e. The van der Waals surface area contributed by atoms with Gasteiger partial charge in [-0.05, 0) is 30.4 Å². The number of hydrogen-bond donors (Lipinski definition) is 3. The number of carboxylic acid groups (broad SMARTS) is 1. The van der Waals surface area contributed by atoms with Gasteiger partial charge in [-0.1, -0.05) is 18.2 Å². The fourth-order valence-electron chi connectivity index (χ4n) is 2.56. The van der Waals surface area contributed by atoms with E-state index in [0.29, 0.717) is 12.3 Å². The standard InChI is InChI=1S/C16H18N2O3/c19-15(7-10-5-6-10)18-14(16(20)21)8-11-9-17-13-4-2-1-3-12(11)13/h1-4,9-10,14,17H,5-8H2,(H,18,19)(H,20,21). The van der Waals surface area contributed by atoms with Crippen molar-refractivity contribution in [3.8, 4) is 0 Å². The Morgan fingerprint density at radius 3 is 2.81 bits per heavy atom. The molecular weight excluding hydrogens is 268 g/mol. The van der Waals surface area contributed by atoms with Crippen LogP contribution in [0.15, 0.2) is 30.5 Å². The van der Waals surface area contributed by atoms with Gasteiger partial charge in [-0.3, -0.25) is 4.79 Å². The first-order chi connectivity index (χ1) is 10.1. The Morgan fingerprint density at radius 2 is 2.10 bits per heavy atom. The highest BCUT2D eigenvalue weighted by Gasteiger charge is 2.27. The second-order valence-corrected chi connectivity index (χ2v) is 5.67. The Bertz CT molecular complexity index is 673. The molecule has 110 valence electrons. The molecule has 1 aliphatic carbocycles. The van der Waals surface area contributed by atoms with Crippen LogP contribution in [0.2, 0.25) is 0 Å². The maximum atomic E-state index is 11.8. The highest BCUT2D eigenvalue weighted by molar-refractivity contribution is 5.86. The van der Waals surface area contributed by atoms with Crippen molar-refractivity contribution in [2.45, 2.75) is 31.7 Å². The number of para-hydroxylation sites is 1. The number of benzene rings is 1. The summed E-state index contributed by atoms with van der Waals surface area (Å²) in [6.07, 6.45) is 4.70. The summed E-state index contributed by atoms with van der Waals surface area (Å²) < 4.78 is 0. The van der Waals surface area contributed by atoms with Crippen molar-refractivity contribution in [1.29, 1.82) is 0 Å². The Morgan fingerprint density at radius 1 is 1.33 bits per heavy atom. The number of carbonyl (C=O) groups excluding carboxylic acids is 1. The third kappa shape index (κ3) is 3.24. The molecule has 2 aromatic rings. The lowest BCUT2D eigenvalue weighted by Crippen LogP contribution is -2.42. The lowest BCUT2D eigenvalue weighted by atomic mass is 10.0. The normalized spacial score (nSPS) is 15.8. The van der Waals surface area contributed by atoms with Gasteiger partial charge < -0.3 is 15.4 Å². The molecule has 0 aliphatic heterocycles. The molecule has 3 N–H and O–H groups in total. The summed E-state index contributed by atoms with van der Waals surface area (Å²) in [6, 6.07) is 6.86. The molecule has 0 bridgehead atoms. The molecule has 1 fully saturated rings. The summed E-state index contributed by atoms with van der Waals surface area (Å²) in [6.45, 7) is 0. The average molecular weight is 286 g/mol. The van der Waals surface area contributed by atoms with Gasteiger partial charge in [-0.15, -0.1) is 0 Å². The second kappa shape index (κ2) is 5.60. The summed E-state index contributed by atoms with van der Waals surface area (Å²) in [5.74, 6) is -0.707. The minimum absolute atomic E-state index is 0.162. The van der Waals surface area contributed by atoms with Crippen LogP contribution in [0, 0.1) is 5.92 Å². The van der Waals surface area contributed by atoms with E-state index in [4.69, 9.17) is 0 Å². The van der Waals surface area contributed by atoms with Crippen LogP contribution in [0.4, 0.5) is 0 Å². The minimum atomic E-state index is -0.996. The molecule has 21 heavy (non-hydrogen) atoms. The number of amides is 1. The molecule has 1 atom stereocenters. The maximum Gasteiger partial charge on any atom is 0.326 e. The Balaban J connectivity index is 1.72. The molecular formula is C16H18N2O3. The highest BCUT2D eigenvalue weighted by Crippen LogP contribution is 2.32. The van der Waals surface area contributed by atoms with Crippen molar-refractivity contribution in [3.05, 3.63) is 36.0 Å². The van der Waals surface area contributed by atoms with Gasteiger partial charge in [0.2, 0.25) is 5.91 Å². The van der Waals surface area contributed by atoms with Crippen LogP contribution in [-0.4, -0.2) is 28.0 Å². The number of aromatic nitrogens is 1. The molecule has 3 rings (SSSR count). The van der Waals surface area contributed by atoms with E-state index in [0.717, 1.165) is 29.3 Å². The molecule has 1 aliphatic rings. The number of nitrogens with one attached hydrogen (secondary N) is 2. The SMILES string of the molecule is O=C(CC1CC1)NC(Cc1c[nH]c2ccccc12)C(=O)O. The molecule has 5 nitrogen and oxygen atoms in total. The summed E-state index contributed by atoms with van der Waals surface area (Å²) in [7, 11) is 0. The van der Waals surface area contributed by atoms with E-state index < -0.39 is 12.0 Å². The van der Waals surface area contributed by atoms with Gasteiger partial charge in [-0.25, -0.2) is 4.79 Å². The van der Waals surface area contributed by atoms with Crippen LogP contribution in [0.25, 0.3) is 10.9 Å². The monoisotopic (exact) mass is 286 g/mol.